The first-order valence-corrected chi connectivity index (χ1v) is 7.36. The summed E-state index contributed by atoms with van der Waals surface area (Å²) in [7, 11) is -3.61. The van der Waals surface area contributed by atoms with Crippen molar-refractivity contribution in [3.05, 3.63) is 36.7 Å². The Morgan fingerprint density at radius 3 is 2.79 bits per heavy atom. The van der Waals surface area contributed by atoms with Gasteiger partial charge in [0.1, 0.15) is 4.90 Å². The van der Waals surface area contributed by atoms with Gasteiger partial charge in [0, 0.05) is 18.4 Å². The summed E-state index contributed by atoms with van der Waals surface area (Å²) in [5, 5.41) is 6.20. The average molecular weight is 280 g/mol. The van der Waals surface area contributed by atoms with Crippen LogP contribution in [0.4, 0.5) is 11.4 Å². The third-order valence-electron chi connectivity index (χ3n) is 2.65. The van der Waals surface area contributed by atoms with Crippen LogP contribution in [0.2, 0.25) is 0 Å². The van der Waals surface area contributed by atoms with Crippen LogP contribution >= 0.6 is 0 Å². The van der Waals surface area contributed by atoms with Crippen LogP contribution in [0.25, 0.3) is 0 Å². The lowest BCUT2D eigenvalue weighted by Gasteiger charge is -2.23. The molecule has 0 saturated carbocycles. The van der Waals surface area contributed by atoms with Gasteiger partial charge in [-0.05, 0) is 24.6 Å². The zero-order valence-electron chi connectivity index (χ0n) is 10.6. The van der Waals surface area contributed by atoms with E-state index in [9.17, 15) is 8.42 Å². The lowest BCUT2D eigenvalue weighted by Crippen LogP contribution is -2.31. The number of H-pyrrole nitrogens is 1. The van der Waals surface area contributed by atoms with Crippen molar-refractivity contribution in [3.8, 4) is 0 Å². The van der Waals surface area contributed by atoms with Crippen molar-refractivity contribution in [3.63, 3.8) is 0 Å². The van der Waals surface area contributed by atoms with Crippen LogP contribution in [-0.4, -0.2) is 25.2 Å². The van der Waals surface area contributed by atoms with Crippen molar-refractivity contribution in [1.82, 2.24) is 10.2 Å². The lowest BCUT2D eigenvalue weighted by atomic mass is 10.3. The highest BCUT2D eigenvalue weighted by Gasteiger charge is 2.25. The monoisotopic (exact) mass is 280 g/mol. The third kappa shape index (κ3) is 2.70. The van der Waals surface area contributed by atoms with Gasteiger partial charge in [0.2, 0.25) is 0 Å². The maximum Gasteiger partial charge on any atom is 0.267 e. The van der Waals surface area contributed by atoms with Crippen molar-refractivity contribution in [2.24, 2.45) is 0 Å². The normalized spacial score (nSPS) is 11.4. The van der Waals surface area contributed by atoms with Crippen LogP contribution in [0.1, 0.15) is 13.3 Å². The molecule has 1 heterocycles. The minimum Gasteiger partial charge on any atom is -0.399 e. The molecule has 0 radical (unpaired) electrons. The molecule has 0 aliphatic carbocycles. The van der Waals surface area contributed by atoms with Crippen LogP contribution in [0.15, 0.2) is 41.6 Å². The van der Waals surface area contributed by atoms with Crippen LogP contribution in [0.3, 0.4) is 0 Å². The maximum atomic E-state index is 12.5. The average Bonchev–Trinajstić information content (AvgIpc) is 2.90. The second-order valence-electron chi connectivity index (χ2n) is 4.11. The van der Waals surface area contributed by atoms with Gasteiger partial charge < -0.3 is 5.73 Å². The van der Waals surface area contributed by atoms with Gasteiger partial charge in [0.05, 0.1) is 11.9 Å². The number of anilines is 2. The molecule has 3 N–H and O–H groups in total. The first kappa shape index (κ1) is 13.4. The molecule has 1 aromatic heterocycles. The van der Waals surface area contributed by atoms with Crippen molar-refractivity contribution in [1.29, 1.82) is 0 Å². The summed E-state index contributed by atoms with van der Waals surface area (Å²) >= 11 is 0. The van der Waals surface area contributed by atoms with Crippen LogP contribution < -0.4 is 10.0 Å². The van der Waals surface area contributed by atoms with E-state index >= 15 is 0 Å². The third-order valence-corrected chi connectivity index (χ3v) is 4.44. The molecular formula is C12H16N4O2S. The number of aromatic amines is 1. The standard InChI is InChI=1S/C12H16N4O2S/c1-2-6-16(11-5-3-4-10(13)7-11)19(17,18)12-8-14-15-9-12/h3-5,7-9H,2,6,13H2,1H3,(H,14,15). The molecular weight excluding hydrogens is 264 g/mol. The Hall–Kier alpha value is -2.02. The maximum absolute atomic E-state index is 12.5. The quantitative estimate of drug-likeness (QED) is 0.814. The second kappa shape index (κ2) is 5.31. The molecule has 1 aromatic carbocycles. The second-order valence-corrected chi connectivity index (χ2v) is 5.97. The molecule has 102 valence electrons. The van der Waals surface area contributed by atoms with E-state index in [1.165, 1.54) is 16.7 Å². The molecule has 0 aliphatic heterocycles. The van der Waals surface area contributed by atoms with E-state index in [2.05, 4.69) is 10.2 Å². The Kier molecular flexibility index (Phi) is 3.75. The van der Waals surface area contributed by atoms with Gasteiger partial charge in [-0.3, -0.25) is 9.40 Å². The fraction of sp³-hybridized carbons (Fsp3) is 0.250. The highest BCUT2D eigenvalue weighted by atomic mass is 32.2. The molecule has 0 amide bonds. The van der Waals surface area contributed by atoms with Crippen LogP contribution in [0.5, 0.6) is 0 Å². The zero-order chi connectivity index (χ0) is 13.9. The van der Waals surface area contributed by atoms with Gasteiger partial charge in [-0.1, -0.05) is 13.0 Å². The summed E-state index contributed by atoms with van der Waals surface area (Å²) in [4.78, 5) is 0.142. The van der Waals surface area contributed by atoms with Crippen LogP contribution in [0, 0.1) is 0 Å². The van der Waals surface area contributed by atoms with E-state index < -0.39 is 10.0 Å². The Bertz CT molecular complexity index is 638. The molecule has 0 fully saturated rings. The van der Waals surface area contributed by atoms with Gasteiger partial charge in [-0.15, -0.1) is 0 Å². The summed E-state index contributed by atoms with van der Waals surface area (Å²) < 4.78 is 26.4. The molecule has 0 bridgehead atoms. The molecule has 0 spiro atoms. The molecule has 2 aromatic rings. The summed E-state index contributed by atoms with van der Waals surface area (Å²) in [6, 6.07) is 6.83. The van der Waals surface area contributed by atoms with E-state index in [1.807, 2.05) is 6.92 Å². The van der Waals surface area contributed by atoms with E-state index in [1.54, 1.807) is 24.3 Å². The Balaban J connectivity index is 2.46. The van der Waals surface area contributed by atoms with Crippen LogP contribution in [-0.2, 0) is 10.0 Å². The SMILES string of the molecule is CCCN(c1cccc(N)c1)S(=O)(=O)c1cn[nH]c1. The van der Waals surface area contributed by atoms with Crippen molar-refractivity contribution in [2.45, 2.75) is 18.2 Å². The van der Waals surface area contributed by atoms with Crippen molar-refractivity contribution < 1.29 is 8.42 Å². The zero-order valence-corrected chi connectivity index (χ0v) is 11.4. The fourth-order valence-corrected chi connectivity index (χ4v) is 3.23. The number of rotatable bonds is 5. The molecule has 0 saturated heterocycles. The minimum absolute atomic E-state index is 0.142. The highest BCUT2D eigenvalue weighted by molar-refractivity contribution is 7.92. The van der Waals surface area contributed by atoms with E-state index in [-0.39, 0.29) is 4.90 Å². The molecule has 0 aliphatic rings. The smallest absolute Gasteiger partial charge is 0.267 e. The highest BCUT2D eigenvalue weighted by Crippen LogP contribution is 2.24. The van der Waals surface area contributed by atoms with E-state index in [0.717, 1.165) is 0 Å². The topological polar surface area (TPSA) is 92.1 Å². The van der Waals surface area contributed by atoms with Gasteiger partial charge >= 0.3 is 0 Å². The fourth-order valence-electron chi connectivity index (χ4n) is 1.78. The molecule has 6 nitrogen and oxygen atoms in total. The molecule has 19 heavy (non-hydrogen) atoms. The minimum atomic E-state index is -3.61. The number of nitrogens with one attached hydrogen (secondary N) is 1. The number of sulfonamides is 1. The predicted octanol–water partition coefficient (Wildman–Crippen LogP) is 1.60. The Morgan fingerprint density at radius 2 is 2.21 bits per heavy atom. The lowest BCUT2D eigenvalue weighted by molar-refractivity contribution is 0.590. The molecule has 0 unspecified atom stereocenters. The van der Waals surface area contributed by atoms with Gasteiger partial charge in [-0.25, -0.2) is 8.42 Å². The number of nitrogens with zero attached hydrogens (tertiary/aromatic N) is 2. The summed E-state index contributed by atoms with van der Waals surface area (Å²) in [5.74, 6) is 0. The Labute approximate surface area is 112 Å². The number of benzene rings is 1. The first-order valence-electron chi connectivity index (χ1n) is 5.92. The summed E-state index contributed by atoms with van der Waals surface area (Å²) in [6.07, 6.45) is 3.36. The van der Waals surface area contributed by atoms with E-state index in [0.29, 0.717) is 24.3 Å². The number of hydrogen-bond donors (Lipinski definition) is 2. The largest absolute Gasteiger partial charge is 0.399 e. The molecule has 0 atom stereocenters. The van der Waals surface area contributed by atoms with Gasteiger partial charge in [0.25, 0.3) is 10.0 Å². The predicted molar refractivity (Wildman–Crippen MR) is 74.3 cm³/mol. The number of aromatic nitrogens is 2. The summed E-state index contributed by atoms with van der Waals surface area (Å²) in [6.45, 7) is 2.31. The van der Waals surface area contributed by atoms with E-state index in [4.69, 9.17) is 5.73 Å². The number of nitrogens with two attached hydrogens (primary N) is 1. The van der Waals surface area contributed by atoms with Crippen molar-refractivity contribution >= 4 is 21.4 Å². The van der Waals surface area contributed by atoms with Crippen molar-refractivity contribution in [2.75, 3.05) is 16.6 Å². The molecule has 2 rings (SSSR count). The van der Waals surface area contributed by atoms with Gasteiger partial charge in [0.15, 0.2) is 0 Å². The number of hydrogen-bond acceptors (Lipinski definition) is 4. The Morgan fingerprint density at radius 1 is 1.42 bits per heavy atom. The number of nitrogen functional groups attached to an aromatic ring is 1. The van der Waals surface area contributed by atoms with Gasteiger partial charge in [-0.2, -0.15) is 5.10 Å². The first-order chi connectivity index (χ1) is 9.05. The molecule has 7 heteroatoms. The summed E-state index contributed by atoms with van der Waals surface area (Å²) in [5.41, 5.74) is 6.80.